The number of nitrogens with one attached hydrogen (secondary N) is 3. The van der Waals surface area contributed by atoms with Gasteiger partial charge in [-0.3, -0.25) is 0 Å². The summed E-state index contributed by atoms with van der Waals surface area (Å²) >= 11 is 6.25. The highest BCUT2D eigenvalue weighted by atomic mass is 35.5. The number of anilines is 2. The lowest BCUT2D eigenvalue weighted by molar-refractivity contribution is 0.305. The van der Waals surface area contributed by atoms with Gasteiger partial charge in [-0.15, -0.1) is 0 Å². The lowest BCUT2D eigenvalue weighted by atomic mass is 10.1. The standard InChI is InChI=1S/C22H24ClN5O/c1-4-17(24)19-20(25-2)22(28-21(27-19)14-8-6-5-7-9-14)26-15-10-12-16(23)18(29-3)13-11-15/h5-9,11-13,24-25H,4,10H2,1-3H3,(H,26,27,28). The number of nitrogens with zero attached hydrogens (tertiary/aromatic N) is 2. The van der Waals surface area contributed by atoms with E-state index in [0.29, 0.717) is 52.4 Å². The molecule has 0 saturated carbocycles. The second-order valence-electron chi connectivity index (χ2n) is 6.38. The van der Waals surface area contributed by atoms with Crippen LogP contribution in [0.2, 0.25) is 0 Å². The lowest BCUT2D eigenvalue weighted by Crippen LogP contribution is -2.13. The van der Waals surface area contributed by atoms with E-state index in [2.05, 4.69) is 15.6 Å². The van der Waals surface area contributed by atoms with Crippen LogP contribution in [0.4, 0.5) is 11.5 Å². The van der Waals surface area contributed by atoms with E-state index in [9.17, 15) is 0 Å². The number of methoxy groups -OCH3 is 1. The van der Waals surface area contributed by atoms with E-state index in [1.165, 1.54) is 0 Å². The van der Waals surface area contributed by atoms with Crippen LogP contribution in [0.3, 0.4) is 0 Å². The Labute approximate surface area is 175 Å². The van der Waals surface area contributed by atoms with Gasteiger partial charge < -0.3 is 20.8 Å². The lowest BCUT2D eigenvalue weighted by Gasteiger charge is -2.17. The predicted molar refractivity (Wildman–Crippen MR) is 119 cm³/mol. The van der Waals surface area contributed by atoms with Crippen LogP contribution in [-0.2, 0) is 4.74 Å². The molecule has 3 rings (SSSR count). The molecule has 1 heterocycles. The highest BCUT2D eigenvalue weighted by Gasteiger charge is 2.18. The average Bonchev–Trinajstić information content (AvgIpc) is 2.94. The summed E-state index contributed by atoms with van der Waals surface area (Å²) in [7, 11) is 3.40. The zero-order valence-corrected chi connectivity index (χ0v) is 17.5. The van der Waals surface area contributed by atoms with Crippen molar-refractivity contribution in [2.24, 2.45) is 0 Å². The molecule has 6 nitrogen and oxygen atoms in total. The maximum Gasteiger partial charge on any atom is 0.162 e. The molecular weight excluding hydrogens is 386 g/mol. The molecule has 1 aliphatic carbocycles. The molecular formula is C22H24ClN5O. The van der Waals surface area contributed by atoms with Gasteiger partial charge in [-0.1, -0.05) is 54.9 Å². The minimum atomic E-state index is 0.441. The van der Waals surface area contributed by atoms with Gasteiger partial charge in [0.2, 0.25) is 0 Å². The molecule has 1 aromatic heterocycles. The van der Waals surface area contributed by atoms with Crippen molar-refractivity contribution in [3.63, 3.8) is 0 Å². The summed E-state index contributed by atoms with van der Waals surface area (Å²) < 4.78 is 5.29. The van der Waals surface area contributed by atoms with Crippen LogP contribution >= 0.6 is 11.6 Å². The zero-order valence-electron chi connectivity index (χ0n) is 16.7. The van der Waals surface area contributed by atoms with Crippen molar-refractivity contribution in [1.82, 2.24) is 9.97 Å². The topological polar surface area (TPSA) is 82.9 Å². The Morgan fingerprint density at radius 1 is 1.21 bits per heavy atom. The van der Waals surface area contributed by atoms with Crippen molar-refractivity contribution in [3.05, 3.63) is 70.7 Å². The quantitative estimate of drug-likeness (QED) is 0.539. The summed E-state index contributed by atoms with van der Waals surface area (Å²) in [5, 5.41) is 15.5. The Morgan fingerprint density at radius 2 is 1.97 bits per heavy atom. The number of ether oxygens (including phenoxy) is 1. The number of hydrogen-bond acceptors (Lipinski definition) is 6. The third kappa shape index (κ3) is 4.66. The van der Waals surface area contributed by atoms with Crippen LogP contribution in [0.15, 0.2) is 65.0 Å². The maximum absolute atomic E-state index is 8.39. The Bertz CT molecular complexity index is 996. The molecule has 0 saturated heterocycles. The van der Waals surface area contributed by atoms with Gasteiger partial charge in [-0.05, 0) is 18.6 Å². The molecule has 0 spiro atoms. The first-order valence-electron chi connectivity index (χ1n) is 9.38. The largest absolute Gasteiger partial charge is 0.495 e. The Hall–Kier alpha value is -3.12. The molecule has 3 N–H and O–H groups in total. The van der Waals surface area contributed by atoms with Crippen LogP contribution in [0.1, 0.15) is 25.5 Å². The molecule has 2 aromatic rings. The van der Waals surface area contributed by atoms with E-state index >= 15 is 0 Å². The summed E-state index contributed by atoms with van der Waals surface area (Å²) in [4.78, 5) is 9.42. The third-order valence-corrected chi connectivity index (χ3v) is 4.84. The average molecular weight is 410 g/mol. The van der Waals surface area contributed by atoms with Gasteiger partial charge in [-0.25, -0.2) is 9.97 Å². The van der Waals surface area contributed by atoms with Gasteiger partial charge in [0.1, 0.15) is 17.1 Å². The summed E-state index contributed by atoms with van der Waals surface area (Å²) in [6, 6.07) is 9.75. The molecule has 0 radical (unpaired) electrons. The third-order valence-electron chi connectivity index (χ3n) is 4.50. The van der Waals surface area contributed by atoms with Crippen LogP contribution in [0.5, 0.6) is 0 Å². The molecule has 1 aromatic carbocycles. The number of aromatic nitrogens is 2. The number of allylic oxidation sites excluding steroid dienone is 4. The molecule has 0 unspecified atom stereocenters. The fraction of sp³-hybridized carbons (Fsp3) is 0.227. The molecule has 1 aliphatic rings. The predicted octanol–water partition coefficient (Wildman–Crippen LogP) is 5.32. The number of rotatable bonds is 7. The van der Waals surface area contributed by atoms with Gasteiger partial charge >= 0.3 is 0 Å². The molecule has 150 valence electrons. The van der Waals surface area contributed by atoms with Gasteiger partial charge in [0.15, 0.2) is 11.6 Å². The number of benzene rings is 1. The Balaban J connectivity index is 2.08. The van der Waals surface area contributed by atoms with E-state index < -0.39 is 0 Å². The maximum atomic E-state index is 8.39. The summed E-state index contributed by atoms with van der Waals surface area (Å²) in [6.07, 6.45) is 6.79. The molecule has 0 atom stereocenters. The molecule has 0 bridgehead atoms. The van der Waals surface area contributed by atoms with Crippen molar-refractivity contribution in [3.8, 4) is 11.4 Å². The number of hydrogen-bond donors (Lipinski definition) is 3. The van der Waals surface area contributed by atoms with Crippen LogP contribution in [-0.4, -0.2) is 29.8 Å². The van der Waals surface area contributed by atoms with E-state index in [1.54, 1.807) is 14.2 Å². The molecule has 29 heavy (non-hydrogen) atoms. The fourth-order valence-electron chi connectivity index (χ4n) is 2.92. The van der Waals surface area contributed by atoms with Gasteiger partial charge in [0, 0.05) is 24.7 Å². The summed E-state index contributed by atoms with van der Waals surface area (Å²) in [5.41, 5.74) is 3.51. The smallest absolute Gasteiger partial charge is 0.162 e. The SMILES string of the molecule is CCC(=N)c1nc(-c2ccccc2)nc(NC2=CC=C(OC)C(Cl)=CC2)c1NC. The zero-order chi connectivity index (χ0) is 20.8. The van der Waals surface area contributed by atoms with E-state index in [0.717, 1.165) is 11.3 Å². The van der Waals surface area contributed by atoms with Gasteiger partial charge in [-0.2, -0.15) is 0 Å². The second-order valence-corrected chi connectivity index (χ2v) is 6.78. The Morgan fingerprint density at radius 3 is 2.62 bits per heavy atom. The highest BCUT2D eigenvalue weighted by Crippen LogP contribution is 2.30. The first-order chi connectivity index (χ1) is 14.1. The Kier molecular flexibility index (Phi) is 6.67. The molecule has 7 heteroatoms. The first kappa shape index (κ1) is 20.6. The monoisotopic (exact) mass is 409 g/mol. The normalized spacial score (nSPS) is 13.6. The molecule has 0 fully saturated rings. The second kappa shape index (κ2) is 9.39. The first-order valence-corrected chi connectivity index (χ1v) is 9.76. The molecule has 0 amide bonds. The van der Waals surface area contributed by atoms with E-state index in [4.69, 9.17) is 26.7 Å². The van der Waals surface area contributed by atoms with Gasteiger partial charge in [0.05, 0.1) is 17.9 Å². The summed E-state index contributed by atoms with van der Waals surface area (Å²) in [5.74, 6) is 1.79. The van der Waals surface area contributed by atoms with Crippen molar-refractivity contribution in [1.29, 1.82) is 5.41 Å². The molecule has 0 aliphatic heterocycles. The van der Waals surface area contributed by atoms with Crippen molar-refractivity contribution in [2.75, 3.05) is 24.8 Å². The van der Waals surface area contributed by atoms with Crippen LogP contribution < -0.4 is 10.6 Å². The van der Waals surface area contributed by atoms with Crippen molar-refractivity contribution in [2.45, 2.75) is 19.8 Å². The highest BCUT2D eigenvalue weighted by molar-refractivity contribution is 6.31. The minimum absolute atomic E-state index is 0.441. The fourth-order valence-corrected chi connectivity index (χ4v) is 3.14. The van der Waals surface area contributed by atoms with Gasteiger partial charge in [0.25, 0.3) is 0 Å². The van der Waals surface area contributed by atoms with Crippen LogP contribution in [0, 0.1) is 5.41 Å². The number of halogens is 1. The van der Waals surface area contributed by atoms with Crippen molar-refractivity contribution >= 4 is 28.8 Å². The minimum Gasteiger partial charge on any atom is -0.495 e. The van der Waals surface area contributed by atoms with E-state index in [1.807, 2.05) is 55.5 Å². The van der Waals surface area contributed by atoms with Crippen molar-refractivity contribution < 1.29 is 4.74 Å². The van der Waals surface area contributed by atoms with E-state index in [-0.39, 0.29) is 0 Å². The van der Waals surface area contributed by atoms with Crippen LogP contribution in [0.25, 0.3) is 11.4 Å². The summed E-state index contributed by atoms with van der Waals surface area (Å²) in [6.45, 7) is 1.94.